The average Bonchev–Trinajstić information content (AvgIpc) is 3.52. The molecule has 2 unspecified atom stereocenters. The third kappa shape index (κ3) is 69.4. The molecule has 0 radical (unpaired) electrons. The Labute approximate surface area is 526 Å². The summed E-state index contributed by atoms with van der Waals surface area (Å²) in [6, 6.07) is -0.628. The maximum absolute atomic E-state index is 12.6. The Hall–Kier alpha value is -1.66. The van der Waals surface area contributed by atoms with Gasteiger partial charge in [0.15, 0.2) is 0 Å². The van der Waals surface area contributed by atoms with Crippen LogP contribution in [0.4, 0.5) is 0 Å². The Kier molecular flexibility index (Phi) is 72.3. The Morgan fingerprint density at radius 1 is 0.321 bits per heavy atom. The molecule has 6 nitrogen and oxygen atoms in total. The van der Waals surface area contributed by atoms with Crippen molar-refractivity contribution in [2.75, 3.05) is 13.2 Å². The number of allylic oxidation sites excluding steroid dienone is 3. The summed E-state index contributed by atoms with van der Waals surface area (Å²) in [5.41, 5.74) is 0. The van der Waals surface area contributed by atoms with Gasteiger partial charge in [-0.1, -0.05) is 391 Å². The van der Waals surface area contributed by atoms with Crippen LogP contribution in [0.1, 0.15) is 438 Å². The normalized spacial score (nSPS) is 12.6. The van der Waals surface area contributed by atoms with Crippen molar-refractivity contribution in [3.8, 4) is 0 Å². The van der Waals surface area contributed by atoms with E-state index in [1.165, 1.54) is 372 Å². The molecule has 0 fully saturated rings. The molecule has 0 spiro atoms. The highest BCUT2D eigenvalue weighted by Gasteiger charge is 2.18. The largest absolute Gasteiger partial charge is 0.466 e. The first-order valence-corrected chi connectivity index (χ1v) is 38.6. The summed E-state index contributed by atoms with van der Waals surface area (Å²) >= 11 is 0. The molecule has 0 heterocycles. The highest BCUT2D eigenvalue weighted by atomic mass is 16.5. The van der Waals surface area contributed by atoms with Gasteiger partial charge in [-0.25, -0.2) is 0 Å². The van der Waals surface area contributed by atoms with Crippen LogP contribution in [0.3, 0.4) is 0 Å². The summed E-state index contributed by atoms with van der Waals surface area (Å²) in [6.45, 7) is 4.95. The first-order chi connectivity index (χ1) is 41.5. The minimum atomic E-state index is -0.844. The second kappa shape index (κ2) is 73.8. The van der Waals surface area contributed by atoms with Gasteiger partial charge in [0.05, 0.1) is 25.4 Å². The molecule has 0 aromatic carbocycles. The number of carbonyl (C=O) groups is 2. The van der Waals surface area contributed by atoms with Crippen molar-refractivity contribution < 1.29 is 24.5 Å². The monoisotopic (exact) mass is 1180 g/mol. The molecule has 0 aromatic heterocycles. The second-order valence-electron chi connectivity index (χ2n) is 26.7. The van der Waals surface area contributed by atoms with E-state index in [9.17, 15) is 19.8 Å². The molecule has 0 aliphatic carbocycles. The summed E-state index contributed by atoms with van der Waals surface area (Å²) in [6.07, 6.45) is 94.4. The van der Waals surface area contributed by atoms with E-state index in [0.29, 0.717) is 19.4 Å². The van der Waals surface area contributed by atoms with Crippen LogP contribution in [-0.2, 0) is 14.3 Å². The van der Waals surface area contributed by atoms with E-state index < -0.39 is 12.1 Å². The molecule has 6 heteroatoms. The fraction of sp³-hybridized carbons (Fsp3) is 0.923. The van der Waals surface area contributed by atoms with E-state index in [-0.39, 0.29) is 18.5 Å². The van der Waals surface area contributed by atoms with E-state index in [1.54, 1.807) is 6.08 Å². The number of ether oxygens (including phenoxy) is 1. The van der Waals surface area contributed by atoms with Crippen LogP contribution in [0.25, 0.3) is 0 Å². The predicted octanol–water partition coefficient (Wildman–Crippen LogP) is 25.3. The minimum Gasteiger partial charge on any atom is -0.466 e. The molecule has 0 rings (SSSR count). The Bertz CT molecular complexity index is 1320. The number of aliphatic hydroxyl groups is 2. The van der Waals surface area contributed by atoms with Crippen molar-refractivity contribution in [3.05, 3.63) is 24.3 Å². The topological polar surface area (TPSA) is 95.9 Å². The zero-order valence-corrected chi connectivity index (χ0v) is 57.2. The molecule has 0 aliphatic heterocycles. The highest BCUT2D eigenvalue weighted by molar-refractivity contribution is 5.76. The van der Waals surface area contributed by atoms with Crippen molar-refractivity contribution in [1.29, 1.82) is 0 Å². The van der Waals surface area contributed by atoms with E-state index in [0.717, 1.165) is 38.5 Å². The van der Waals surface area contributed by atoms with E-state index in [1.807, 2.05) is 6.08 Å². The number of rotatable bonds is 73. The van der Waals surface area contributed by atoms with Gasteiger partial charge in [0, 0.05) is 12.8 Å². The number of hydrogen-bond donors (Lipinski definition) is 3. The molecule has 0 aromatic rings. The van der Waals surface area contributed by atoms with Gasteiger partial charge < -0.3 is 20.3 Å². The molecule has 498 valence electrons. The Morgan fingerprint density at radius 3 is 0.845 bits per heavy atom. The number of unbranched alkanes of at least 4 members (excludes halogenated alkanes) is 60. The van der Waals surface area contributed by atoms with Gasteiger partial charge in [0.1, 0.15) is 0 Å². The summed E-state index contributed by atoms with van der Waals surface area (Å²) in [5.74, 6) is -0.0426. The standard InChI is InChI=1S/C78H151NO5/c1-3-5-7-9-11-13-15-16-17-18-19-20-21-29-32-35-38-41-44-47-51-54-58-62-66-70-76(81)75(74-80)79-77(82)71-67-63-59-55-52-48-45-42-39-36-33-30-27-25-23-22-24-26-28-31-34-37-40-43-46-49-53-57-61-65-69-73-84-78(83)72-68-64-60-56-50-14-12-10-8-6-4-2/h24,26,66,70,75-76,80-81H,3-23,25,27-65,67-69,71-74H2,1-2H3,(H,79,82)/b26-24-,70-66+. The van der Waals surface area contributed by atoms with Crippen molar-refractivity contribution in [3.63, 3.8) is 0 Å². The number of amides is 1. The van der Waals surface area contributed by atoms with Gasteiger partial charge in [0.25, 0.3) is 0 Å². The SMILES string of the molecule is CCCCCCCCCCCCCCCCCCCCCCCCC/C=C/C(O)C(CO)NC(=O)CCCCCCCCCCCCCCCCC/C=C\CCCCCCCCCCCCCCOC(=O)CCCCCCCCCCCCC. The summed E-state index contributed by atoms with van der Waals surface area (Å²) < 4.78 is 5.48. The first kappa shape index (κ1) is 82.3. The van der Waals surface area contributed by atoms with Gasteiger partial charge in [-0.3, -0.25) is 9.59 Å². The summed E-state index contributed by atoms with van der Waals surface area (Å²) in [7, 11) is 0. The average molecular weight is 1180 g/mol. The molecule has 3 N–H and O–H groups in total. The number of esters is 1. The fourth-order valence-electron chi connectivity index (χ4n) is 12.3. The van der Waals surface area contributed by atoms with Gasteiger partial charge in [-0.15, -0.1) is 0 Å². The van der Waals surface area contributed by atoms with Crippen LogP contribution < -0.4 is 5.32 Å². The minimum absolute atomic E-state index is 0.0179. The zero-order valence-electron chi connectivity index (χ0n) is 57.2. The molecule has 1 amide bonds. The van der Waals surface area contributed by atoms with E-state index in [2.05, 4.69) is 31.3 Å². The van der Waals surface area contributed by atoms with Gasteiger partial charge in [-0.2, -0.15) is 0 Å². The maximum Gasteiger partial charge on any atom is 0.305 e. The molecule has 0 saturated carbocycles. The van der Waals surface area contributed by atoms with Crippen molar-refractivity contribution >= 4 is 11.9 Å². The van der Waals surface area contributed by atoms with Crippen molar-refractivity contribution in [2.45, 2.75) is 450 Å². The van der Waals surface area contributed by atoms with Crippen LogP contribution in [-0.4, -0.2) is 47.4 Å². The smallest absolute Gasteiger partial charge is 0.305 e. The lowest BCUT2D eigenvalue weighted by molar-refractivity contribution is -0.143. The molecule has 2 atom stereocenters. The molecular weight excluding hydrogens is 1030 g/mol. The summed E-state index contributed by atoms with van der Waals surface area (Å²) in [4.78, 5) is 24.6. The lowest BCUT2D eigenvalue weighted by Gasteiger charge is -2.20. The Balaban J connectivity index is 3.39. The lowest BCUT2D eigenvalue weighted by atomic mass is 10.0. The third-order valence-corrected chi connectivity index (χ3v) is 18.2. The van der Waals surface area contributed by atoms with Crippen LogP contribution in [0, 0.1) is 0 Å². The van der Waals surface area contributed by atoms with E-state index >= 15 is 0 Å². The van der Waals surface area contributed by atoms with Gasteiger partial charge >= 0.3 is 5.97 Å². The second-order valence-corrected chi connectivity index (χ2v) is 26.7. The van der Waals surface area contributed by atoms with E-state index in [4.69, 9.17) is 4.74 Å². The maximum atomic E-state index is 12.6. The molecule has 84 heavy (non-hydrogen) atoms. The zero-order chi connectivity index (χ0) is 60.6. The lowest BCUT2D eigenvalue weighted by Crippen LogP contribution is -2.45. The molecule has 0 saturated heterocycles. The number of carbonyl (C=O) groups excluding carboxylic acids is 2. The molecule has 0 bridgehead atoms. The van der Waals surface area contributed by atoms with Crippen molar-refractivity contribution in [2.24, 2.45) is 0 Å². The van der Waals surface area contributed by atoms with Crippen LogP contribution in [0.5, 0.6) is 0 Å². The van der Waals surface area contributed by atoms with Crippen molar-refractivity contribution in [1.82, 2.24) is 5.32 Å². The summed E-state index contributed by atoms with van der Waals surface area (Å²) in [5, 5.41) is 23.3. The highest BCUT2D eigenvalue weighted by Crippen LogP contribution is 2.20. The fourth-order valence-corrected chi connectivity index (χ4v) is 12.3. The molecule has 0 aliphatic rings. The number of hydrogen-bond acceptors (Lipinski definition) is 5. The molecular formula is C78H151NO5. The predicted molar refractivity (Wildman–Crippen MR) is 370 cm³/mol. The van der Waals surface area contributed by atoms with Gasteiger partial charge in [-0.05, 0) is 57.8 Å². The van der Waals surface area contributed by atoms with Gasteiger partial charge in [0.2, 0.25) is 5.91 Å². The van der Waals surface area contributed by atoms with Crippen LogP contribution in [0.2, 0.25) is 0 Å². The number of aliphatic hydroxyl groups excluding tert-OH is 2. The van der Waals surface area contributed by atoms with Crippen LogP contribution in [0.15, 0.2) is 24.3 Å². The number of nitrogens with one attached hydrogen (secondary N) is 1. The van der Waals surface area contributed by atoms with Crippen LogP contribution >= 0.6 is 0 Å². The first-order valence-electron chi connectivity index (χ1n) is 38.6. The Morgan fingerprint density at radius 2 is 0.560 bits per heavy atom. The third-order valence-electron chi connectivity index (χ3n) is 18.2. The quantitative estimate of drug-likeness (QED) is 0.0320.